The molecule has 3 aromatic rings. The number of aromatic nitrogens is 2. The molecule has 1 unspecified atom stereocenters. The first-order valence-corrected chi connectivity index (χ1v) is 9.79. The van der Waals surface area contributed by atoms with Crippen molar-refractivity contribution in [1.29, 1.82) is 0 Å². The third-order valence-corrected chi connectivity index (χ3v) is 5.14. The zero-order valence-corrected chi connectivity index (χ0v) is 16.8. The normalized spacial score (nSPS) is 17.8. The molecule has 8 heteroatoms. The summed E-state index contributed by atoms with van der Waals surface area (Å²) in [5.74, 6) is 0.270. The second-order valence-electron chi connectivity index (χ2n) is 7.60. The van der Waals surface area contributed by atoms with Gasteiger partial charge in [0.25, 0.3) is 0 Å². The average molecular weight is 403 g/mol. The van der Waals surface area contributed by atoms with Crippen LogP contribution in [-0.4, -0.2) is 21.5 Å². The van der Waals surface area contributed by atoms with Gasteiger partial charge in [-0.05, 0) is 18.1 Å². The van der Waals surface area contributed by atoms with Crippen molar-refractivity contribution < 1.29 is 0 Å². The Bertz CT molecular complexity index is 1040. The van der Waals surface area contributed by atoms with Crippen molar-refractivity contribution in [3.8, 4) is 0 Å². The van der Waals surface area contributed by atoms with Crippen molar-refractivity contribution in [3.05, 3.63) is 89.0 Å². The molecule has 1 aliphatic heterocycles. The molecule has 0 saturated carbocycles. The maximum absolute atomic E-state index is 5.79. The summed E-state index contributed by atoms with van der Waals surface area (Å²) in [5, 5.41) is 4.57. The van der Waals surface area contributed by atoms with E-state index in [-0.39, 0.29) is 5.92 Å². The molecule has 0 bridgehead atoms. The van der Waals surface area contributed by atoms with E-state index in [1.165, 1.54) is 5.56 Å². The second-order valence-corrected chi connectivity index (χ2v) is 7.60. The predicted octanol–water partition coefficient (Wildman–Crippen LogP) is 1.47. The molecule has 30 heavy (non-hydrogen) atoms. The number of aryl methyl sites for hydroxylation is 1. The van der Waals surface area contributed by atoms with Gasteiger partial charge in [-0.2, -0.15) is 5.10 Å². The summed E-state index contributed by atoms with van der Waals surface area (Å²) in [7, 11) is 0. The van der Waals surface area contributed by atoms with Crippen molar-refractivity contribution in [3.63, 3.8) is 0 Å². The van der Waals surface area contributed by atoms with Crippen molar-refractivity contribution in [1.82, 2.24) is 15.4 Å². The maximum Gasteiger partial charge on any atom is 0.142 e. The number of H-pyrrole nitrogens is 1. The van der Waals surface area contributed by atoms with E-state index in [1.807, 2.05) is 30.5 Å². The van der Waals surface area contributed by atoms with Crippen LogP contribution < -0.4 is 22.6 Å². The summed E-state index contributed by atoms with van der Waals surface area (Å²) >= 11 is 0. The highest BCUT2D eigenvalue weighted by molar-refractivity contribution is 6.17. The zero-order valence-electron chi connectivity index (χ0n) is 16.8. The highest BCUT2D eigenvalue weighted by atomic mass is 15.4. The molecule has 1 aliphatic rings. The fraction of sp³-hybridized carbons (Fsp3) is 0.227. The third kappa shape index (κ3) is 4.46. The summed E-state index contributed by atoms with van der Waals surface area (Å²) in [4.78, 5) is 12.3. The number of nitrogens with two attached hydrogens (primary N) is 3. The first kappa shape index (κ1) is 20.0. The molecular formula is C22H26N8. The van der Waals surface area contributed by atoms with Gasteiger partial charge in [-0.3, -0.25) is 27.6 Å². The molecule has 0 radical (unpaired) electrons. The largest absolute Gasteiger partial charge is 0.349 e. The van der Waals surface area contributed by atoms with Crippen LogP contribution in [0.25, 0.3) is 0 Å². The molecule has 1 aromatic heterocycles. The number of aliphatic imine (C=N–C) groups is 1. The standard InChI is InChI=1S/C22H26N8/c1-14-2-4-15(5-3-14)13-28-21-18(12-19-26-10-11-27-19)20(29-30-21)16-6-8-17(9-7-16)22(23,24)25/h2-11,18H,12-13,23-25H2,1H3,(H,26,27)(H,28,30). The highest BCUT2D eigenvalue weighted by Crippen LogP contribution is 2.21. The SMILES string of the molecule is Cc1ccc(CN=C2NN=C(c3ccc(C(N)(N)N)cc3)C2Cc2ncc[nH]2)cc1. The average Bonchev–Trinajstić information content (AvgIpc) is 3.38. The number of nitrogens with zero attached hydrogens (tertiary/aromatic N) is 3. The van der Waals surface area contributed by atoms with E-state index in [1.54, 1.807) is 6.20 Å². The molecular weight excluding hydrogens is 376 g/mol. The first-order chi connectivity index (χ1) is 14.4. The van der Waals surface area contributed by atoms with E-state index >= 15 is 0 Å². The Morgan fingerprint density at radius 2 is 1.77 bits per heavy atom. The number of nitrogens with one attached hydrogen (secondary N) is 2. The van der Waals surface area contributed by atoms with Gasteiger partial charge in [-0.25, -0.2) is 4.98 Å². The van der Waals surface area contributed by atoms with E-state index in [9.17, 15) is 0 Å². The van der Waals surface area contributed by atoms with Crippen LogP contribution in [0, 0.1) is 12.8 Å². The molecule has 4 rings (SSSR count). The van der Waals surface area contributed by atoms with Gasteiger partial charge >= 0.3 is 0 Å². The molecule has 0 saturated heterocycles. The Morgan fingerprint density at radius 1 is 1.03 bits per heavy atom. The Hall–Kier alpha value is -3.33. The van der Waals surface area contributed by atoms with Crippen LogP contribution in [0.5, 0.6) is 0 Å². The number of aromatic amines is 1. The Labute approximate surface area is 175 Å². The number of amidine groups is 1. The minimum absolute atomic E-state index is 0.0502. The lowest BCUT2D eigenvalue weighted by atomic mass is 9.92. The third-order valence-electron chi connectivity index (χ3n) is 5.14. The summed E-state index contributed by atoms with van der Waals surface area (Å²) < 4.78 is 0. The van der Waals surface area contributed by atoms with E-state index in [4.69, 9.17) is 22.2 Å². The maximum atomic E-state index is 5.79. The van der Waals surface area contributed by atoms with Gasteiger partial charge in [0.15, 0.2) is 0 Å². The summed E-state index contributed by atoms with van der Waals surface area (Å²) in [6, 6.07) is 15.9. The van der Waals surface area contributed by atoms with Gasteiger partial charge in [0, 0.05) is 24.4 Å². The summed E-state index contributed by atoms with van der Waals surface area (Å²) in [6.45, 7) is 2.65. The van der Waals surface area contributed by atoms with Gasteiger partial charge in [0.1, 0.15) is 17.4 Å². The van der Waals surface area contributed by atoms with E-state index < -0.39 is 5.79 Å². The number of hydrazone groups is 1. The number of hydrogen-bond donors (Lipinski definition) is 5. The van der Waals surface area contributed by atoms with Crippen LogP contribution >= 0.6 is 0 Å². The van der Waals surface area contributed by atoms with Gasteiger partial charge < -0.3 is 4.98 Å². The number of rotatable bonds is 6. The molecule has 0 fully saturated rings. The van der Waals surface area contributed by atoms with Crippen molar-refractivity contribution >= 4 is 11.5 Å². The van der Waals surface area contributed by atoms with Crippen molar-refractivity contribution in [2.24, 2.45) is 33.2 Å². The van der Waals surface area contributed by atoms with Crippen molar-refractivity contribution in [2.75, 3.05) is 0 Å². The molecule has 0 aliphatic carbocycles. The predicted molar refractivity (Wildman–Crippen MR) is 118 cm³/mol. The topological polar surface area (TPSA) is 143 Å². The molecule has 8 nitrogen and oxygen atoms in total. The van der Waals surface area contributed by atoms with E-state index in [2.05, 4.69) is 51.7 Å². The van der Waals surface area contributed by atoms with Gasteiger partial charge in [-0.15, -0.1) is 0 Å². The Morgan fingerprint density at radius 3 is 2.40 bits per heavy atom. The van der Waals surface area contributed by atoms with Crippen LogP contribution in [0.4, 0.5) is 0 Å². The molecule has 2 aromatic carbocycles. The van der Waals surface area contributed by atoms with Gasteiger partial charge in [-0.1, -0.05) is 54.1 Å². The number of hydrogen-bond acceptors (Lipinski definition) is 6. The van der Waals surface area contributed by atoms with E-state index in [0.29, 0.717) is 18.5 Å². The second kappa shape index (κ2) is 8.19. The molecule has 1 atom stereocenters. The molecule has 8 N–H and O–H groups in total. The van der Waals surface area contributed by atoms with Crippen LogP contribution in [0.2, 0.25) is 0 Å². The highest BCUT2D eigenvalue weighted by Gasteiger charge is 2.30. The monoisotopic (exact) mass is 402 g/mol. The first-order valence-electron chi connectivity index (χ1n) is 9.79. The zero-order chi connectivity index (χ0) is 21.1. The lowest BCUT2D eigenvalue weighted by Gasteiger charge is -2.19. The van der Waals surface area contributed by atoms with Crippen molar-refractivity contribution in [2.45, 2.75) is 25.7 Å². The Kier molecular flexibility index (Phi) is 5.45. The molecule has 0 amide bonds. The summed E-state index contributed by atoms with van der Waals surface area (Å²) in [6.07, 6.45) is 4.22. The van der Waals surface area contributed by atoms with E-state index in [0.717, 1.165) is 28.5 Å². The lowest BCUT2D eigenvalue weighted by molar-refractivity contribution is 0.488. The molecule has 2 heterocycles. The fourth-order valence-corrected chi connectivity index (χ4v) is 3.41. The minimum Gasteiger partial charge on any atom is -0.349 e. The lowest BCUT2D eigenvalue weighted by Crippen LogP contribution is -2.54. The van der Waals surface area contributed by atoms with Crippen LogP contribution in [-0.2, 0) is 18.8 Å². The quantitative estimate of drug-likeness (QED) is 0.397. The van der Waals surface area contributed by atoms with Crippen LogP contribution in [0.3, 0.4) is 0 Å². The molecule has 154 valence electrons. The minimum atomic E-state index is -1.37. The Balaban J connectivity index is 1.59. The van der Waals surface area contributed by atoms with Crippen LogP contribution in [0.1, 0.15) is 28.1 Å². The fourth-order valence-electron chi connectivity index (χ4n) is 3.41. The number of benzene rings is 2. The van der Waals surface area contributed by atoms with Gasteiger partial charge in [0.2, 0.25) is 0 Å². The smallest absolute Gasteiger partial charge is 0.142 e. The van der Waals surface area contributed by atoms with Gasteiger partial charge in [0.05, 0.1) is 18.2 Å². The van der Waals surface area contributed by atoms with Crippen LogP contribution in [0.15, 0.2) is 71.0 Å². The number of imidazole rings is 1. The molecule has 0 spiro atoms. The summed E-state index contributed by atoms with van der Waals surface area (Å²) in [5.41, 5.74) is 25.3.